The van der Waals surface area contributed by atoms with Crippen molar-refractivity contribution in [2.75, 3.05) is 27.2 Å². The molecule has 36 heavy (non-hydrogen) atoms. The van der Waals surface area contributed by atoms with Gasteiger partial charge in [-0.3, -0.25) is 0 Å². The van der Waals surface area contributed by atoms with Crippen LogP contribution in [0.5, 0.6) is 0 Å². The molecule has 2 aromatic carbocycles. The molecule has 1 saturated heterocycles. The molecule has 0 spiro atoms. The van der Waals surface area contributed by atoms with Crippen molar-refractivity contribution in [2.24, 2.45) is 0 Å². The number of urea groups is 1. The lowest BCUT2D eigenvalue weighted by molar-refractivity contribution is -0.192. The van der Waals surface area contributed by atoms with Crippen LogP contribution in [0.4, 0.5) is 18.0 Å². The van der Waals surface area contributed by atoms with Crippen molar-refractivity contribution in [1.29, 1.82) is 0 Å². The highest BCUT2D eigenvalue weighted by Gasteiger charge is 2.38. The average molecular weight is 506 g/mol. The number of carboxylic acid groups (broad SMARTS) is 1. The summed E-state index contributed by atoms with van der Waals surface area (Å²) in [5.41, 5.74) is 4.47. The average Bonchev–Trinajstić information content (AvgIpc) is 3.26. The number of hydrogen-bond acceptors (Lipinski definition) is 4. The van der Waals surface area contributed by atoms with Gasteiger partial charge >= 0.3 is 18.2 Å². The maximum atomic E-state index is 12.5. The van der Waals surface area contributed by atoms with Gasteiger partial charge in [-0.05, 0) is 56.2 Å². The molecule has 0 saturated carbocycles. The van der Waals surface area contributed by atoms with Gasteiger partial charge in [0.1, 0.15) is 0 Å². The molecule has 11 heteroatoms. The van der Waals surface area contributed by atoms with Crippen LogP contribution in [0.3, 0.4) is 0 Å². The first-order valence-electron chi connectivity index (χ1n) is 11.5. The predicted molar refractivity (Wildman–Crippen MR) is 129 cm³/mol. The Hall–Kier alpha value is -3.60. The summed E-state index contributed by atoms with van der Waals surface area (Å²) >= 11 is 0. The molecule has 0 aliphatic carbocycles. The van der Waals surface area contributed by atoms with E-state index in [1.807, 2.05) is 36.5 Å². The minimum absolute atomic E-state index is 0.00788. The molecule has 1 aliphatic rings. The molecule has 0 atom stereocenters. The van der Waals surface area contributed by atoms with Crippen LogP contribution in [0.15, 0.2) is 54.9 Å². The van der Waals surface area contributed by atoms with E-state index in [2.05, 4.69) is 57.1 Å². The number of hydrogen-bond donors (Lipinski definition) is 2. The minimum atomic E-state index is -5.08. The second-order valence-electron chi connectivity index (χ2n) is 8.78. The third-order valence-corrected chi connectivity index (χ3v) is 6.15. The summed E-state index contributed by atoms with van der Waals surface area (Å²) in [6.07, 6.45) is -1.12. The number of nitrogens with zero attached hydrogens (tertiary/aromatic N) is 4. The van der Waals surface area contributed by atoms with E-state index in [0.29, 0.717) is 12.6 Å². The van der Waals surface area contributed by atoms with Gasteiger partial charge in [-0.2, -0.15) is 13.2 Å². The first-order chi connectivity index (χ1) is 17.0. The molecule has 3 aromatic rings. The summed E-state index contributed by atoms with van der Waals surface area (Å²) in [5.74, 6) is -2.76. The normalized spacial score (nSPS) is 14.7. The monoisotopic (exact) mass is 505 g/mol. The minimum Gasteiger partial charge on any atom is -0.475 e. The number of amides is 2. The molecular formula is C25H30F3N5O3. The Morgan fingerprint density at radius 2 is 1.67 bits per heavy atom. The number of imidazole rings is 1. The number of carbonyl (C=O) groups excluding carboxylic acids is 1. The highest BCUT2D eigenvalue weighted by Crippen LogP contribution is 2.16. The highest BCUT2D eigenvalue weighted by atomic mass is 19.4. The topological polar surface area (TPSA) is 90.7 Å². The quantitative estimate of drug-likeness (QED) is 0.548. The predicted octanol–water partition coefficient (Wildman–Crippen LogP) is 3.95. The lowest BCUT2D eigenvalue weighted by Gasteiger charge is -2.35. The number of rotatable bonds is 5. The Morgan fingerprint density at radius 3 is 2.28 bits per heavy atom. The largest absolute Gasteiger partial charge is 0.490 e. The van der Waals surface area contributed by atoms with Gasteiger partial charge in [0.25, 0.3) is 0 Å². The molecular weight excluding hydrogens is 475 g/mol. The molecule has 0 unspecified atom stereocenters. The lowest BCUT2D eigenvalue weighted by Crippen LogP contribution is -2.47. The third-order valence-electron chi connectivity index (χ3n) is 6.15. The van der Waals surface area contributed by atoms with Crippen LogP contribution in [0.25, 0.3) is 11.0 Å². The lowest BCUT2D eigenvalue weighted by atomic mass is 10.0. The summed E-state index contributed by atoms with van der Waals surface area (Å²) in [5, 5.41) is 10.2. The van der Waals surface area contributed by atoms with Gasteiger partial charge in [0.05, 0.1) is 17.4 Å². The van der Waals surface area contributed by atoms with E-state index in [-0.39, 0.29) is 6.03 Å². The van der Waals surface area contributed by atoms with E-state index in [9.17, 15) is 18.0 Å². The molecule has 1 fully saturated rings. The molecule has 2 N–H and O–H groups in total. The zero-order valence-corrected chi connectivity index (χ0v) is 20.2. The molecule has 1 aromatic heterocycles. The molecule has 1 aliphatic heterocycles. The number of para-hydroxylation sites is 2. The molecule has 8 nitrogen and oxygen atoms in total. The van der Waals surface area contributed by atoms with Gasteiger partial charge in [0.2, 0.25) is 0 Å². The number of aliphatic carboxylic acids is 1. The standard InChI is InChI=1S/C23H29N5O.C2HF3O2/c1-26-13-11-20(12-14-26)27(2)23(29)24-15-18-7-9-19(10-8-18)16-28-17-25-21-5-3-4-6-22(21)28;3-2(4,5)1(6)7/h3-10,17,20H,11-16H2,1-2H3,(H,24,29);(H,6,7). The fourth-order valence-electron chi connectivity index (χ4n) is 3.95. The highest BCUT2D eigenvalue weighted by molar-refractivity contribution is 5.75. The molecule has 2 heterocycles. The summed E-state index contributed by atoms with van der Waals surface area (Å²) in [6, 6.07) is 16.9. The number of benzene rings is 2. The zero-order chi connectivity index (χ0) is 26.3. The van der Waals surface area contributed by atoms with E-state index in [1.54, 1.807) is 0 Å². The summed E-state index contributed by atoms with van der Waals surface area (Å²) in [4.78, 5) is 30.0. The molecule has 4 rings (SSSR count). The molecule has 0 bridgehead atoms. The smallest absolute Gasteiger partial charge is 0.475 e. The van der Waals surface area contributed by atoms with Crippen LogP contribution in [-0.2, 0) is 17.9 Å². The van der Waals surface area contributed by atoms with Crippen LogP contribution < -0.4 is 5.32 Å². The van der Waals surface area contributed by atoms with E-state index >= 15 is 0 Å². The van der Waals surface area contributed by atoms with Crippen LogP contribution in [0.1, 0.15) is 24.0 Å². The number of carboxylic acids is 1. The molecule has 2 amide bonds. The number of likely N-dealkylation sites (tertiary alicyclic amines) is 1. The second-order valence-corrected chi connectivity index (χ2v) is 8.78. The van der Waals surface area contributed by atoms with Crippen LogP contribution in [0, 0.1) is 0 Å². The number of fused-ring (bicyclic) bond motifs is 1. The number of halogens is 3. The van der Waals surface area contributed by atoms with Crippen LogP contribution in [0.2, 0.25) is 0 Å². The van der Waals surface area contributed by atoms with Gasteiger partial charge in [-0.15, -0.1) is 0 Å². The number of alkyl halides is 3. The first kappa shape index (κ1) is 27.0. The van der Waals surface area contributed by atoms with Gasteiger partial charge in [-0.25, -0.2) is 14.6 Å². The van der Waals surface area contributed by atoms with E-state index in [1.165, 1.54) is 5.56 Å². The van der Waals surface area contributed by atoms with E-state index in [0.717, 1.165) is 49.1 Å². The zero-order valence-electron chi connectivity index (χ0n) is 20.2. The van der Waals surface area contributed by atoms with Crippen molar-refractivity contribution in [3.05, 3.63) is 66.0 Å². The third kappa shape index (κ3) is 7.45. The maximum absolute atomic E-state index is 12.5. The Morgan fingerprint density at radius 1 is 1.08 bits per heavy atom. The van der Waals surface area contributed by atoms with Crippen molar-refractivity contribution in [3.63, 3.8) is 0 Å². The fourth-order valence-corrected chi connectivity index (χ4v) is 3.95. The van der Waals surface area contributed by atoms with E-state index < -0.39 is 12.1 Å². The van der Waals surface area contributed by atoms with Gasteiger partial charge < -0.3 is 24.8 Å². The van der Waals surface area contributed by atoms with Crippen molar-refractivity contribution < 1.29 is 27.9 Å². The van der Waals surface area contributed by atoms with Crippen molar-refractivity contribution in [2.45, 2.75) is 38.1 Å². The van der Waals surface area contributed by atoms with Gasteiger partial charge in [-0.1, -0.05) is 36.4 Å². The second kappa shape index (κ2) is 11.9. The number of piperidine rings is 1. The Bertz CT molecular complexity index is 1160. The SMILES string of the molecule is CN1CCC(N(C)C(=O)NCc2ccc(Cn3cnc4ccccc43)cc2)CC1.O=C(O)C(F)(F)F. The number of aromatic nitrogens is 2. The first-order valence-corrected chi connectivity index (χ1v) is 11.5. The van der Waals surface area contributed by atoms with Gasteiger partial charge in [0.15, 0.2) is 0 Å². The molecule has 194 valence electrons. The van der Waals surface area contributed by atoms with Crippen LogP contribution in [-0.4, -0.2) is 75.9 Å². The van der Waals surface area contributed by atoms with Crippen LogP contribution >= 0.6 is 0 Å². The maximum Gasteiger partial charge on any atom is 0.490 e. The number of carbonyl (C=O) groups is 2. The van der Waals surface area contributed by atoms with Gasteiger partial charge in [0, 0.05) is 26.2 Å². The summed E-state index contributed by atoms with van der Waals surface area (Å²) in [6.45, 7) is 3.43. The van der Waals surface area contributed by atoms with Crippen molar-refractivity contribution >= 4 is 23.0 Å². The van der Waals surface area contributed by atoms with Crippen molar-refractivity contribution in [1.82, 2.24) is 24.7 Å². The van der Waals surface area contributed by atoms with E-state index in [4.69, 9.17) is 9.90 Å². The Balaban J connectivity index is 0.000000454. The fraction of sp³-hybridized carbons (Fsp3) is 0.400. The van der Waals surface area contributed by atoms with Crippen molar-refractivity contribution in [3.8, 4) is 0 Å². The summed E-state index contributed by atoms with van der Waals surface area (Å²) < 4.78 is 33.9. The Kier molecular flexibility index (Phi) is 8.92. The summed E-state index contributed by atoms with van der Waals surface area (Å²) in [7, 11) is 4.04. The Labute approximate surface area is 207 Å². The number of nitrogens with one attached hydrogen (secondary N) is 1. The molecule has 0 radical (unpaired) electrons.